The molecule has 6 heteroatoms. The Morgan fingerprint density at radius 2 is 2.15 bits per heavy atom. The highest BCUT2D eigenvalue weighted by Crippen LogP contribution is 2.00. The van der Waals surface area contributed by atoms with Crippen LogP contribution in [0.1, 0.15) is 42.7 Å². The lowest BCUT2D eigenvalue weighted by molar-refractivity contribution is -0.121. The van der Waals surface area contributed by atoms with Crippen molar-refractivity contribution in [1.29, 1.82) is 0 Å². The number of hydrogen-bond donors (Lipinski definition) is 3. The fraction of sp³-hybridized carbons (Fsp3) is 0.500. The fourth-order valence-electron chi connectivity index (χ4n) is 1.52. The Bertz CT molecular complexity index is 445. The van der Waals surface area contributed by atoms with E-state index in [0.717, 1.165) is 12.1 Å². The number of carbonyl (C=O) groups excluding carboxylic acids is 1. The molecule has 0 spiro atoms. The van der Waals surface area contributed by atoms with Crippen LogP contribution in [0.15, 0.2) is 18.3 Å². The zero-order valence-corrected chi connectivity index (χ0v) is 11.8. The SMILES string of the molecule is CCC(C)NC(=O)CCNCc1ccc(C(=O)O)cn1. The van der Waals surface area contributed by atoms with Gasteiger partial charge in [-0.25, -0.2) is 4.79 Å². The number of hydrogen-bond acceptors (Lipinski definition) is 4. The third-order valence-electron chi connectivity index (χ3n) is 2.93. The van der Waals surface area contributed by atoms with Gasteiger partial charge in [0.2, 0.25) is 5.91 Å². The van der Waals surface area contributed by atoms with Gasteiger partial charge in [0.25, 0.3) is 0 Å². The van der Waals surface area contributed by atoms with Gasteiger partial charge in [-0.3, -0.25) is 9.78 Å². The summed E-state index contributed by atoms with van der Waals surface area (Å²) >= 11 is 0. The van der Waals surface area contributed by atoms with E-state index in [2.05, 4.69) is 15.6 Å². The first-order chi connectivity index (χ1) is 9.52. The summed E-state index contributed by atoms with van der Waals surface area (Å²) in [5.41, 5.74) is 0.916. The maximum absolute atomic E-state index is 11.5. The van der Waals surface area contributed by atoms with Gasteiger partial charge in [-0.15, -0.1) is 0 Å². The molecule has 1 atom stereocenters. The monoisotopic (exact) mass is 279 g/mol. The number of nitrogens with one attached hydrogen (secondary N) is 2. The molecule has 0 saturated heterocycles. The maximum Gasteiger partial charge on any atom is 0.337 e. The Morgan fingerprint density at radius 1 is 1.40 bits per heavy atom. The normalized spacial score (nSPS) is 11.9. The molecule has 0 saturated carbocycles. The Hall–Kier alpha value is -1.95. The molecule has 0 radical (unpaired) electrons. The van der Waals surface area contributed by atoms with Crippen LogP contribution >= 0.6 is 0 Å². The standard InChI is InChI=1S/C14H21N3O3/c1-3-10(2)17-13(18)6-7-15-9-12-5-4-11(8-16-12)14(19)20/h4-5,8,10,15H,3,6-7,9H2,1-2H3,(H,17,18)(H,19,20). The molecule has 1 rings (SSSR count). The first-order valence-corrected chi connectivity index (χ1v) is 6.71. The molecule has 3 N–H and O–H groups in total. The lowest BCUT2D eigenvalue weighted by Gasteiger charge is -2.11. The summed E-state index contributed by atoms with van der Waals surface area (Å²) in [6, 6.07) is 3.38. The summed E-state index contributed by atoms with van der Waals surface area (Å²) < 4.78 is 0. The van der Waals surface area contributed by atoms with Crippen LogP contribution in [0.4, 0.5) is 0 Å². The Kier molecular flexibility index (Phi) is 6.66. The van der Waals surface area contributed by atoms with Crippen LogP contribution in [0, 0.1) is 0 Å². The molecule has 1 aromatic heterocycles. The second-order valence-electron chi connectivity index (χ2n) is 4.65. The smallest absolute Gasteiger partial charge is 0.337 e. The first-order valence-electron chi connectivity index (χ1n) is 6.71. The number of carboxylic acid groups (broad SMARTS) is 1. The molecule has 0 fully saturated rings. The number of carboxylic acids is 1. The van der Waals surface area contributed by atoms with Gasteiger partial charge in [0.05, 0.1) is 11.3 Å². The van der Waals surface area contributed by atoms with Crippen LogP contribution in [0.5, 0.6) is 0 Å². The molecule has 0 bridgehead atoms. The van der Waals surface area contributed by atoms with Crippen molar-refractivity contribution in [3.8, 4) is 0 Å². The van der Waals surface area contributed by atoms with Crippen molar-refractivity contribution in [2.24, 2.45) is 0 Å². The molecule has 1 amide bonds. The molecule has 0 aliphatic carbocycles. The van der Waals surface area contributed by atoms with E-state index >= 15 is 0 Å². The van der Waals surface area contributed by atoms with Crippen LogP contribution in [0.25, 0.3) is 0 Å². The third-order valence-corrected chi connectivity index (χ3v) is 2.93. The largest absolute Gasteiger partial charge is 0.478 e. The summed E-state index contributed by atoms with van der Waals surface area (Å²) in [6.45, 7) is 5.07. The number of carbonyl (C=O) groups is 2. The van der Waals surface area contributed by atoms with E-state index in [4.69, 9.17) is 5.11 Å². The fourth-order valence-corrected chi connectivity index (χ4v) is 1.52. The van der Waals surface area contributed by atoms with Crippen molar-refractivity contribution in [3.05, 3.63) is 29.6 Å². The number of nitrogens with zero attached hydrogens (tertiary/aromatic N) is 1. The number of aromatic carboxylic acids is 1. The van der Waals surface area contributed by atoms with Crippen LogP contribution in [0.2, 0.25) is 0 Å². The summed E-state index contributed by atoms with van der Waals surface area (Å²) in [5.74, 6) is -0.959. The average molecular weight is 279 g/mol. The lowest BCUT2D eigenvalue weighted by atomic mass is 10.2. The second-order valence-corrected chi connectivity index (χ2v) is 4.65. The summed E-state index contributed by atoms with van der Waals surface area (Å²) in [7, 11) is 0. The number of amides is 1. The highest BCUT2D eigenvalue weighted by molar-refractivity contribution is 5.87. The molecule has 0 aliphatic heterocycles. The van der Waals surface area contributed by atoms with Gasteiger partial charge in [0, 0.05) is 31.7 Å². The third kappa shape index (κ3) is 5.79. The van der Waals surface area contributed by atoms with Crippen LogP contribution in [-0.4, -0.2) is 34.6 Å². The van der Waals surface area contributed by atoms with Crippen molar-refractivity contribution in [2.75, 3.05) is 6.54 Å². The van der Waals surface area contributed by atoms with E-state index in [0.29, 0.717) is 19.5 Å². The van der Waals surface area contributed by atoms with Gasteiger partial charge in [0.15, 0.2) is 0 Å². The molecule has 110 valence electrons. The minimum Gasteiger partial charge on any atom is -0.478 e. The van der Waals surface area contributed by atoms with Crippen molar-refractivity contribution in [1.82, 2.24) is 15.6 Å². The van der Waals surface area contributed by atoms with Crippen LogP contribution in [0.3, 0.4) is 0 Å². The topological polar surface area (TPSA) is 91.3 Å². The Balaban J connectivity index is 2.24. The minimum atomic E-state index is -0.987. The van der Waals surface area contributed by atoms with E-state index in [9.17, 15) is 9.59 Å². The average Bonchev–Trinajstić information content (AvgIpc) is 2.44. The van der Waals surface area contributed by atoms with Gasteiger partial charge < -0.3 is 15.7 Å². The highest BCUT2D eigenvalue weighted by Gasteiger charge is 2.05. The summed E-state index contributed by atoms with van der Waals surface area (Å²) in [5, 5.41) is 14.7. The zero-order chi connectivity index (χ0) is 15.0. The number of aromatic nitrogens is 1. The Labute approximate surface area is 118 Å². The molecule has 20 heavy (non-hydrogen) atoms. The molecule has 1 aromatic rings. The predicted molar refractivity (Wildman–Crippen MR) is 75.4 cm³/mol. The van der Waals surface area contributed by atoms with Crippen molar-refractivity contribution in [3.63, 3.8) is 0 Å². The predicted octanol–water partition coefficient (Wildman–Crippen LogP) is 1.17. The van der Waals surface area contributed by atoms with E-state index in [1.165, 1.54) is 12.3 Å². The number of rotatable bonds is 8. The maximum atomic E-state index is 11.5. The quantitative estimate of drug-likeness (QED) is 0.621. The Morgan fingerprint density at radius 3 is 2.70 bits per heavy atom. The molecular weight excluding hydrogens is 258 g/mol. The van der Waals surface area contributed by atoms with Gasteiger partial charge in [0.1, 0.15) is 0 Å². The van der Waals surface area contributed by atoms with Gasteiger partial charge in [-0.1, -0.05) is 6.92 Å². The van der Waals surface area contributed by atoms with E-state index < -0.39 is 5.97 Å². The number of pyridine rings is 1. The van der Waals surface area contributed by atoms with Crippen molar-refractivity contribution < 1.29 is 14.7 Å². The molecule has 6 nitrogen and oxygen atoms in total. The van der Waals surface area contributed by atoms with Gasteiger partial charge >= 0.3 is 5.97 Å². The molecule has 0 aliphatic rings. The van der Waals surface area contributed by atoms with Gasteiger partial charge in [-0.05, 0) is 25.5 Å². The zero-order valence-electron chi connectivity index (χ0n) is 11.8. The molecular formula is C14H21N3O3. The molecule has 1 heterocycles. The summed E-state index contributed by atoms with van der Waals surface area (Å²) in [6.07, 6.45) is 2.66. The lowest BCUT2D eigenvalue weighted by Crippen LogP contribution is -2.33. The molecule has 1 unspecified atom stereocenters. The highest BCUT2D eigenvalue weighted by atomic mass is 16.4. The first kappa shape index (κ1) is 16.1. The van der Waals surface area contributed by atoms with Crippen LogP contribution in [-0.2, 0) is 11.3 Å². The van der Waals surface area contributed by atoms with Gasteiger partial charge in [-0.2, -0.15) is 0 Å². The van der Waals surface area contributed by atoms with E-state index in [1.807, 2.05) is 13.8 Å². The minimum absolute atomic E-state index is 0.0287. The van der Waals surface area contributed by atoms with Crippen molar-refractivity contribution in [2.45, 2.75) is 39.3 Å². The summed E-state index contributed by atoms with van der Waals surface area (Å²) in [4.78, 5) is 26.2. The van der Waals surface area contributed by atoms with E-state index in [-0.39, 0.29) is 17.5 Å². The van der Waals surface area contributed by atoms with Crippen LogP contribution < -0.4 is 10.6 Å². The molecule has 0 aromatic carbocycles. The second kappa shape index (κ2) is 8.27. The van der Waals surface area contributed by atoms with E-state index in [1.54, 1.807) is 6.07 Å². The van der Waals surface area contributed by atoms with Crippen molar-refractivity contribution >= 4 is 11.9 Å².